The van der Waals surface area contributed by atoms with Gasteiger partial charge in [-0.2, -0.15) is 0 Å². The number of nitrogens with one attached hydrogen (secondary N) is 1. The van der Waals surface area contributed by atoms with Crippen LogP contribution in [0.25, 0.3) is 5.65 Å². The van der Waals surface area contributed by atoms with E-state index in [-0.39, 0.29) is 5.92 Å². The normalized spacial score (nSPS) is 13.0. The van der Waals surface area contributed by atoms with E-state index in [2.05, 4.69) is 10.3 Å². The van der Waals surface area contributed by atoms with Crippen molar-refractivity contribution in [1.29, 1.82) is 0 Å². The highest BCUT2D eigenvalue weighted by atomic mass is 35.5. The Morgan fingerprint density at radius 2 is 2.19 bits per heavy atom. The summed E-state index contributed by atoms with van der Waals surface area (Å²) in [6.07, 6.45) is 4.36. The number of aromatic nitrogens is 2. The second-order valence-corrected chi connectivity index (χ2v) is 6.08. The number of carbonyl (C=O) groups is 1. The summed E-state index contributed by atoms with van der Waals surface area (Å²) >= 11 is 5.93. The maximum absolute atomic E-state index is 11.2. The molecule has 0 aliphatic carbocycles. The predicted molar refractivity (Wildman–Crippen MR) is 82.5 cm³/mol. The molecule has 2 aromatic heterocycles. The van der Waals surface area contributed by atoms with Crippen molar-refractivity contribution in [3.05, 3.63) is 35.2 Å². The number of aliphatic carboxylic acids is 1. The Balaban J connectivity index is 1.93. The van der Waals surface area contributed by atoms with Crippen LogP contribution in [0.3, 0.4) is 0 Å². The number of carboxylic acid groups (broad SMARTS) is 1. The van der Waals surface area contributed by atoms with Crippen molar-refractivity contribution < 1.29 is 9.90 Å². The van der Waals surface area contributed by atoms with Crippen LogP contribution in [-0.4, -0.2) is 27.0 Å². The number of halogens is 1. The van der Waals surface area contributed by atoms with Gasteiger partial charge in [0.15, 0.2) is 0 Å². The van der Waals surface area contributed by atoms with Crippen LogP contribution >= 0.6 is 11.6 Å². The number of hydrogen-bond donors (Lipinski definition) is 2. The van der Waals surface area contributed by atoms with Crippen molar-refractivity contribution in [2.24, 2.45) is 11.8 Å². The molecule has 2 heterocycles. The van der Waals surface area contributed by atoms with Crippen LogP contribution in [0.1, 0.15) is 26.0 Å². The molecule has 0 aliphatic rings. The van der Waals surface area contributed by atoms with Gasteiger partial charge in [-0.3, -0.25) is 4.79 Å². The quantitative estimate of drug-likeness (QED) is 0.825. The SMILES string of the molecule is CC(C)CC(CNCc1cn2cc(Cl)ccc2n1)C(=O)O. The number of carboxylic acids is 1. The van der Waals surface area contributed by atoms with Crippen molar-refractivity contribution in [3.63, 3.8) is 0 Å². The van der Waals surface area contributed by atoms with E-state index in [0.29, 0.717) is 30.5 Å². The van der Waals surface area contributed by atoms with Crippen LogP contribution in [-0.2, 0) is 11.3 Å². The molecular weight excluding hydrogens is 290 g/mol. The molecular formula is C15H20ClN3O2. The Morgan fingerprint density at radius 3 is 2.86 bits per heavy atom. The fraction of sp³-hybridized carbons (Fsp3) is 0.467. The van der Waals surface area contributed by atoms with Gasteiger partial charge in [-0.05, 0) is 24.5 Å². The van der Waals surface area contributed by atoms with Gasteiger partial charge in [0.2, 0.25) is 0 Å². The molecule has 0 radical (unpaired) electrons. The van der Waals surface area contributed by atoms with E-state index < -0.39 is 5.97 Å². The van der Waals surface area contributed by atoms with Gasteiger partial charge in [-0.25, -0.2) is 4.98 Å². The van der Waals surface area contributed by atoms with Crippen LogP contribution in [0, 0.1) is 11.8 Å². The lowest BCUT2D eigenvalue weighted by Crippen LogP contribution is -2.29. The van der Waals surface area contributed by atoms with Gasteiger partial charge in [0.05, 0.1) is 16.6 Å². The largest absolute Gasteiger partial charge is 0.481 e. The molecule has 6 heteroatoms. The van der Waals surface area contributed by atoms with Crippen molar-refractivity contribution in [2.75, 3.05) is 6.54 Å². The number of imidazole rings is 1. The van der Waals surface area contributed by atoms with E-state index in [1.165, 1.54) is 0 Å². The summed E-state index contributed by atoms with van der Waals surface area (Å²) in [5.41, 5.74) is 1.69. The Hall–Kier alpha value is -1.59. The molecule has 2 N–H and O–H groups in total. The molecule has 5 nitrogen and oxygen atoms in total. The van der Waals surface area contributed by atoms with Crippen molar-refractivity contribution in [1.82, 2.24) is 14.7 Å². The fourth-order valence-electron chi connectivity index (χ4n) is 2.32. The standard InChI is InChI=1S/C15H20ClN3O2/c1-10(2)5-11(15(20)21)6-17-7-13-9-19-8-12(16)3-4-14(19)18-13/h3-4,8-11,17H,5-7H2,1-2H3,(H,20,21). The smallest absolute Gasteiger partial charge is 0.307 e. The summed E-state index contributed by atoms with van der Waals surface area (Å²) in [6, 6.07) is 3.65. The first-order valence-corrected chi connectivity index (χ1v) is 7.40. The molecule has 1 atom stereocenters. The summed E-state index contributed by atoms with van der Waals surface area (Å²) in [4.78, 5) is 15.6. The molecule has 2 rings (SSSR count). The first-order valence-electron chi connectivity index (χ1n) is 7.02. The number of rotatable bonds is 7. The van der Waals surface area contributed by atoms with Crippen LogP contribution in [0.5, 0.6) is 0 Å². The summed E-state index contributed by atoms with van der Waals surface area (Å²) < 4.78 is 1.86. The number of fused-ring (bicyclic) bond motifs is 1. The Morgan fingerprint density at radius 1 is 1.43 bits per heavy atom. The number of hydrogen-bond acceptors (Lipinski definition) is 3. The summed E-state index contributed by atoms with van der Waals surface area (Å²) in [5, 5.41) is 13.0. The zero-order valence-corrected chi connectivity index (χ0v) is 13.0. The first-order chi connectivity index (χ1) is 9.95. The highest BCUT2D eigenvalue weighted by molar-refractivity contribution is 6.30. The topological polar surface area (TPSA) is 66.6 Å². The van der Waals surface area contributed by atoms with Crippen LogP contribution in [0.15, 0.2) is 24.5 Å². The van der Waals surface area contributed by atoms with Gasteiger partial charge in [0.1, 0.15) is 5.65 Å². The third kappa shape index (κ3) is 4.44. The van der Waals surface area contributed by atoms with Gasteiger partial charge in [-0.15, -0.1) is 0 Å². The van der Waals surface area contributed by atoms with Gasteiger partial charge in [0.25, 0.3) is 0 Å². The first kappa shape index (κ1) is 15.8. The van der Waals surface area contributed by atoms with E-state index in [9.17, 15) is 9.90 Å². The van der Waals surface area contributed by atoms with Gasteiger partial charge in [0, 0.05) is 25.5 Å². The van der Waals surface area contributed by atoms with Crippen molar-refractivity contribution >= 4 is 23.2 Å². The Bertz CT molecular complexity index is 624. The highest BCUT2D eigenvalue weighted by Crippen LogP contribution is 2.13. The molecule has 0 amide bonds. The zero-order valence-electron chi connectivity index (χ0n) is 12.2. The molecule has 0 aliphatic heterocycles. The molecule has 0 saturated carbocycles. The van der Waals surface area contributed by atoms with E-state index in [1.807, 2.05) is 30.5 Å². The van der Waals surface area contributed by atoms with E-state index in [4.69, 9.17) is 11.6 Å². The van der Waals surface area contributed by atoms with Crippen molar-refractivity contribution in [2.45, 2.75) is 26.8 Å². The van der Waals surface area contributed by atoms with Crippen LogP contribution in [0.4, 0.5) is 0 Å². The molecule has 0 bridgehead atoms. The third-order valence-electron chi connectivity index (χ3n) is 3.27. The lowest BCUT2D eigenvalue weighted by molar-refractivity contribution is -0.142. The molecule has 21 heavy (non-hydrogen) atoms. The minimum atomic E-state index is -0.752. The van der Waals surface area contributed by atoms with Crippen LogP contribution < -0.4 is 5.32 Å². The second-order valence-electron chi connectivity index (χ2n) is 5.64. The van der Waals surface area contributed by atoms with Crippen molar-refractivity contribution in [3.8, 4) is 0 Å². The predicted octanol–water partition coefficient (Wildman–Crippen LogP) is 2.82. The second kappa shape index (κ2) is 6.91. The average molecular weight is 310 g/mol. The highest BCUT2D eigenvalue weighted by Gasteiger charge is 2.18. The molecule has 0 fully saturated rings. The van der Waals surface area contributed by atoms with Gasteiger partial charge >= 0.3 is 5.97 Å². The molecule has 2 aromatic rings. The van der Waals surface area contributed by atoms with Gasteiger partial charge in [-0.1, -0.05) is 25.4 Å². The average Bonchev–Trinajstić information content (AvgIpc) is 2.78. The summed E-state index contributed by atoms with van der Waals surface area (Å²) in [5.74, 6) is -0.750. The summed E-state index contributed by atoms with van der Waals surface area (Å²) in [6.45, 7) is 5.05. The maximum Gasteiger partial charge on any atom is 0.307 e. The lowest BCUT2D eigenvalue weighted by atomic mass is 9.97. The van der Waals surface area contributed by atoms with E-state index >= 15 is 0 Å². The molecule has 114 valence electrons. The minimum Gasteiger partial charge on any atom is -0.481 e. The van der Waals surface area contributed by atoms with Crippen LogP contribution in [0.2, 0.25) is 5.02 Å². The Labute approximate surface area is 128 Å². The van der Waals surface area contributed by atoms with Gasteiger partial charge < -0.3 is 14.8 Å². The number of nitrogens with zero attached hydrogens (tertiary/aromatic N) is 2. The van der Waals surface area contributed by atoms with E-state index in [0.717, 1.165) is 11.3 Å². The summed E-state index contributed by atoms with van der Waals surface area (Å²) in [7, 11) is 0. The zero-order chi connectivity index (χ0) is 15.4. The third-order valence-corrected chi connectivity index (χ3v) is 3.49. The number of pyridine rings is 1. The molecule has 0 saturated heterocycles. The lowest BCUT2D eigenvalue weighted by Gasteiger charge is -2.14. The molecule has 1 unspecified atom stereocenters. The van der Waals surface area contributed by atoms with E-state index in [1.54, 1.807) is 12.3 Å². The fourth-order valence-corrected chi connectivity index (χ4v) is 2.49. The maximum atomic E-state index is 11.2. The molecule has 0 spiro atoms. The molecule has 0 aromatic carbocycles. The Kier molecular flexibility index (Phi) is 5.20. The monoisotopic (exact) mass is 309 g/mol. The minimum absolute atomic E-state index is 0.364.